The predicted octanol–water partition coefficient (Wildman–Crippen LogP) is 4.31. The van der Waals surface area contributed by atoms with Gasteiger partial charge in [0.2, 0.25) is 0 Å². The molecule has 1 atom stereocenters. The summed E-state index contributed by atoms with van der Waals surface area (Å²) in [6.07, 6.45) is 0. The van der Waals surface area contributed by atoms with Crippen LogP contribution in [0.4, 0.5) is 5.69 Å². The van der Waals surface area contributed by atoms with Crippen LogP contribution in [0.25, 0.3) is 10.8 Å². The monoisotopic (exact) mass is 301 g/mol. The maximum atomic E-state index is 12.7. The van der Waals surface area contributed by atoms with E-state index in [1.165, 1.54) is 22.3 Å². The van der Waals surface area contributed by atoms with E-state index < -0.39 is 9.71 Å². The number of benzene rings is 2. The average molecular weight is 301 g/mol. The Labute approximate surface area is 123 Å². The quantitative estimate of drug-likeness (QED) is 0.718. The lowest BCUT2D eigenvalue weighted by molar-refractivity contribution is 0.686. The summed E-state index contributed by atoms with van der Waals surface area (Å²) in [7, 11) is -2.51. The van der Waals surface area contributed by atoms with Gasteiger partial charge in [-0.3, -0.25) is 0 Å². The first-order valence-electron chi connectivity index (χ1n) is 6.25. The first kappa shape index (κ1) is 13.2. The van der Waals surface area contributed by atoms with Gasteiger partial charge in [0.15, 0.2) is 0 Å². The van der Waals surface area contributed by atoms with E-state index in [2.05, 4.69) is 23.6 Å². The van der Waals surface area contributed by atoms with Crippen molar-refractivity contribution in [2.75, 3.05) is 4.72 Å². The van der Waals surface area contributed by atoms with Crippen LogP contribution in [0, 0.1) is 6.92 Å². The lowest BCUT2D eigenvalue weighted by Crippen LogP contribution is -2.11. The van der Waals surface area contributed by atoms with Crippen LogP contribution in [0.15, 0.2) is 58.1 Å². The molecule has 0 spiro atoms. The van der Waals surface area contributed by atoms with Crippen molar-refractivity contribution in [2.24, 2.45) is 0 Å². The van der Waals surface area contributed by atoms with Gasteiger partial charge in [-0.15, -0.1) is 11.3 Å². The summed E-state index contributed by atoms with van der Waals surface area (Å²) in [5.41, 5.74) is 2.07. The molecule has 1 unspecified atom stereocenters. The molecular formula is C16H15NOS2. The average Bonchev–Trinajstić information content (AvgIpc) is 2.97. The molecule has 2 aromatic carbocycles. The molecule has 1 aromatic heterocycles. The number of rotatable bonds is 3. The Balaban J connectivity index is 2.11. The van der Waals surface area contributed by atoms with Gasteiger partial charge in [-0.1, -0.05) is 36.4 Å². The van der Waals surface area contributed by atoms with E-state index in [1.807, 2.05) is 47.8 Å². The second-order valence-corrected chi connectivity index (χ2v) is 7.89. The second kappa shape index (κ2) is 4.96. The summed E-state index contributed by atoms with van der Waals surface area (Å²) in [4.78, 5) is 0. The van der Waals surface area contributed by atoms with Gasteiger partial charge in [-0.2, -0.15) is 0 Å². The molecule has 1 heterocycles. The normalized spacial score (nSPS) is 14.1. The molecule has 0 saturated heterocycles. The fraction of sp³-hybridized carbons (Fsp3) is 0.0625. The van der Waals surface area contributed by atoms with Crippen LogP contribution < -0.4 is 4.72 Å². The molecule has 0 saturated carbocycles. The fourth-order valence-electron chi connectivity index (χ4n) is 2.22. The maximum Gasteiger partial charge on any atom is 0.102 e. The number of nitrogens with one attached hydrogen (secondary N) is 1. The summed E-state index contributed by atoms with van der Waals surface area (Å²) in [6, 6.07) is 15.9. The minimum Gasteiger partial charge on any atom is -0.308 e. The van der Waals surface area contributed by atoms with Crippen molar-refractivity contribution in [2.45, 2.75) is 11.1 Å². The number of fused-ring (bicyclic) bond motifs is 1. The Kier molecular flexibility index (Phi) is 3.28. The predicted molar refractivity (Wildman–Crippen MR) is 90.2 cm³/mol. The number of thiophene rings is 1. The molecule has 0 fully saturated rings. The van der Waals surface area contributed by atoms with Gasteiger partial charge in [0.25, 0.3) is 0 Å². The van der Waals surface area contributed by atoms with Crippen molar-refractivity contribution in [3.05, 3.63) is 59.5 Å². The maximum absolute atomic E-state index is 12.7. The van der Waals surface area contributed by atoms with Crippen LogP contribution in [-0.4, -0.2) is 10.1 Å². The summed E-state index contributed by atoms with van der Waals surface area (Å²) in [5.74, 6) is 3.86. The molecule has 0 radical (unpaired) electrons. The zero-order chi connectivity index (χ0) is 14.2. The third-order valence-electron chi connectivity index (χ3n) is 3.24. The number of hydrogen-bond donors (Lipinski definition) is 1. The van der Waals surface area contributed by atoms with Crippen LogP contribution in [0.1, 0.15) is 5.56 Å². The van der Waals surface area contributed by atoms with E-state index in [0.717, 1.165) is 15.3 Å². The molecule has 3 aromatic rings. The number of aryl methyl sites for hydroxylation is 1. The minimum atomic E-state index is -2.51. The minimum absolute atomic E-state index is 0.766. The van der Waals surface area contributed by atoms with E-state index in [0.29, 0.717) is 0 Å². The first-order valence-corrected chi connectivity index (χ1v) is 8.85. The van der Waals surface area contributed by atoms with Crippen LogP contribution >= 0.6 is 11.3 Å². The van der Waals surface area contributed by atoms with Gasteiger partial charge in [0, 0.05) is 5.39 Å². The Hall–Kier alpha value is -1.78. The summed E-state index contributed by atoms with van der Waals surface area (Å²) >= 11 is 1.46. The van der Waals surface area contributed by atoms with E-state index in [9.17, 15) is 4.21 Å². The molecule has 20 heavy (non-hydrogen) atoms. The molecule has 1 N–H and O–H groups in total. The lowest BCUT2D eigenvalue weighted by Gasteiger charge is -2.14. The third-order valence-corrected chi connectivity index (χ3v) is 6.33. The molecule has 4 heteroatoms. The molecule has 0 aliphatic carbocycles. The van der Waals surface area contributed by atoms with Gasteiger partial charge in [-0.25, -0.2) is 4.21 Å². The van der Waals surface area contributed by atoms with Crippen LogP contribution in [0.3, 0.4) is 0 Å². The van der Waals surface area contributed by atoms with Crippen LogP contribution in [-0.2, 0) is 9.71 Å². The Morgan fingerprint density at radius 2 is 1.80 bits per heavy atom. The molecule has 0 aliphatic heterocycles. The van der Waals surface area contributed by atoms with Crippen molar-refractivity contribution in [1.29, 1.82) is 0 Å². The highest BCUT2D eigenvalue weighted by Gasteiger charge is 2.11. The molecule has 0 aliphatic rings. The highest BCUT2D eigenvalue weighted by molar-refractivity contribution is 8.03. The van der Waals surface area contributed by atoms with Crippen LogP contribution in [0.2, 0.25) is 0 Å². The van der Waals surface area contributed by atoms with Crippen molar-refractivity contribution in [3.63, 3.8) is 0 Å². The van der Waals surface area contributed by atoms with Crippen molar-refractivity contribution in [3.8, 4) is 0 Å². The zero-order valence-corrected chi connectivity index (χ0v) is 12.8. The Morgan fingerprint density at radius 1 is 1.05 bits per heavy atom. The van der Waals surface area contributed by atoms with Crippen molar-refractivity contribution >= 4 is 43.4 Å². The molecule has 3 rings (SSSR count). The van der Waals surface area contributed by atoms with Gasteiger partial charge >= 0.3 is 0 Å². The van der Waals surface area contributed by atoms with Crippen molar-refractivity contribution in [1.82, 2.24) is 0 Å². The fourth-order valence-corrected chi connectivity index (χ4v) is 4.51. The summed E-state index contributed by atoms with van der Waals surface area (Å²) < 4.78 is 16.6. The van der Waals surface area contributed by atoms with Gasteiger partial charge in [0.1, 0.15) is 4.21 Å². The smallest absolute Gasteiger partial charge is 0.102 e. The SMILES string of the molecule is C=S(=O)(Nc1ccc(C)c2ccccc12)c1cccs1. The molecule has 0 bridgehead atoms. The summed E-state index contributed by atoms with van der Waals surface area (Å²) in [5, 5.41) is 4.15. The molecule has 0 amide bonds. The highest BCUT2D eigenvalue weighted by Crippen LogP contribution is 2.28. The number of hydrogen-bond acceptors (Lipinski definition) is 2. The topological polar surface area (TPSA) is 29.1 Å². The van der Waals surface area contributed by atoms with Crippen LogP contribution in [0.5, 0.6) is 0 Å². The Morgan fingerprint density at radius 3 is 2.50 bits per heavy atom. The van der Waals surface area contributed by atoms with E-state index in [4.69, 9.17) is 0 Å². The first-order chi connectivity index (χ1) is 9.58. The van der Waals surface area contributed by atoms with Gasteiger partial charge in [-0.05, 0) is 41.3 Å². The number of anilines is 1. The largest absolute Gasteiger partial charge is 0.308 e. The Bertz CT molecular complexity index is 849. The van der Waals surface area contributed by atoms with E-state index >= 15 is 0 Å². The molecule has 102 valence electrons. The zero-order valence-electron chi connectivity index (χ0n) is 11.1. The standard InChI is InChI=1S/C16H15NOS2/c1-12-9-10-15(14-7-4-3-6-13(12)14)17-20(2,18)16-8-5-11-19-16/h3-11H,2H2,1H3,(H,17,18). The van der Waals surface area contributed by atoms with Gasteiger partial charge < -0.3 is 4.72 Å². The molecular weight excluding hydrogens is 286 g/mol. The third kappa shape index (κ3) is 2.32. The van der Waals surface area contributed by atoms with E-state index in [-0.39, 0.29) is 0 Å². The van der Waals surface area contributed by atoms with E-state index in [1.54, 1.807) is 0 Å². The molecule has 2 nitrogen and oxygen atoms in total. The second-order valence-electron chi connectivity index (χ2n) is 4.69. The summed E-state index contributed by atoms with van der Waals surface area (Å²) in [6.45, 7) is 2.08. The lowest BCUT2D eigenvalue weighted by atomic mass is 10.0. The van der Waals surface area contributed by atoms with Crippen molar-refractivity contribution < 1.29 is 4.21 Å². The van der Waals surface area contributed by atoms with Gasteiger partial charge in [0.05, 0.1) is 15.4 Å². The highest BCUT2D eigenvalue weighted by atomic mass is 32.2.